The topological polar surface area (TPSA) is 59.1 Å². The summed E-state index contributed by atoms with van der Waals surface area (Å²) < 4.78 is 0. The summed E-state index contributed by atoms with van der Waals surface area (Å²) in [6.45, 7) is 7.25. The fraction of sp³-hybridized carbons (Fsp3) is 0.588. The minimum atomic E-state index is -0.301. The molecule has 5 heteroatoms. The molecule has 1 aliphatic heterocycles. The number of thioether (sulfide) groups is 1. The Hall–Kier alpha value is -1.36. The van der Waals surface area contributed by atoms with E-state index < -0.39 is 0 Å². The average molecular weight is 320 g/mol. The average Bonchev–Trinajstić information content (AvgIpc) is 2.43. The zero-order valence-electron chi connectivity index (χ0n) is 13.5. The van der Waals surface area contributed by atoms with Gasteiger partial charge in [0.25, 0.3) is 0 Å². The second kappa shape index (κ2) is 7.27. The molecule has 4 nitrogen and oxygen atoms in total. The first kappa shape index (κ1) is 17.0. The van der Waals surface area contributed by atoms with Gasteiger partial charge in [-0.2, -0.15) is 0 Å². The zero-order valence-corrected chi connectivity index (χ0v) is 14.3. The van der Waals surface area contributed by atoms with Gasteiger partial charge < -0.3 is 5.32 Å². The third kappa shape index (κ3) is 5.13. The highest BCUT2D eigenvalue weighted by molar-refractivity contribution is 8.00. The number of carbonyl (C=O) groups excluding carboxylic acids is 2. The van der Waals surface area contributed by atoms with E-state index in [2.05, 4.69) is 31.1 Å². The van der Waals surface area contributed by atoms with Crippen LogP contribution in [0, 0.1) is 5.41 Å². The summed E-state index contributed by atoms with van der Waals surface area (Å²) in [7, 11) is 0. The summed E-state index contributed by atoms with van der Waals surface area (Å²) in [6, 6.07) is 3.77. The van der Waals surface area contributed by atoms with E-state index in [-0.39, 0.29) is 28.8 Å². The standard InChI is InChI=1S/C17H24N2O2S/c1-17(2,3)7-5-9-18-15(21)11-14-13(20)10-12-6-4-8-19-16(12)22-14/h4,6,8,14H,5,7,9-11H2,1-3H3,(H,18,21). The number of carbonyl (C=O) groups is 2. The minimum Gasteiger partial charge on any atom is -0.356 e. The van der Waals surface area contributed by atoms with Crippen molar-refractivity contribution < 1.29 is 9.59 Å². The first-order valence-electron chi connectivity index (χ1n) is 7.75. The second-order valence-electron chi connectivity index (χ2n) is 6.94. The van der Waals surface area contributed by atoms with E-state index in [1.807, 2.05) is 12.1 Å². The van der Waals surface area contributed by atoms with Crippen molar-refractivity contribution >= 4 is 23.5 Å². The maximum atomic E-state index is 12.1. The third-order valence-electron chi connectivity index (χ3n) is 3.62. The van der Waals surface area contributed by atoms with Crippen molar-refractivity contribution in [3.05, 3.63) is 23.9 Å². The van der Waals surface area contributed by atoms with Crippen molar-refractivity contribution in [2.75, 3.05) is 6.54 Å². The molecule has 0 spiro atoms. The molecule has 0 aromatic carbocycles. The molecule has 1 aliphatic rings. The third-order valence-corrected chi connectivity index (χ3v) is 4.93. The summed E-state index contributed by atoms with van der Waals surface area (Å²) >= 11 is 1.42. The predicted molar refractivity (Wildman–Crippen MR) is 88.9 cm³/mol. The maximum absolute atomic E-state index is 12.1. The van der Waals surface area contributed by atoms with E-state index in [9.17, 15) is 9.59 Å². The van der Waals surface area contributed by atoms with Crippen LogP contribution < -0.4 is 5.32 Å². The Morgan fingerprint density at radius 2 is 2.23 bits per heavy atom. The van der Waals surface area contributed by atoms with Crippen LogP contribution in [-0.4, -0.2) is 28.5 Å². The Labute approximate surface area is 136 Å². The molecule has 22 heavy (non-hydrogen) atoms. The first-order chi connectivity index (χ1) is 10.3. The van der Waals surface area contributed by atoms with Crippen LogP contribution in [0.3, 0.4) is 0 Å². The number of pyridine rings is 1. The SMILES string of the molecule is CC(C)(C)CCCNC(=O)CC1Sc2ncccc2CC1=O. The van der Waals surface area contributed by atoms with Gasteiger partial charge in [0.1, 0.15) is 5.03 Å². The molecule has 2 heterocycles. The van der Waals surface area contributed by atoms with Crippen molar-refractivity contribution in [2.45, 2.75) is 56.7 Å². The summed E-state index contributed by atoms with van der Waals surface area (Å²) in [6.07, 6.45) is 4.39. The van der Waals surface area contributed by atoms with Gasteiger partial charge in [-0.05, 0) is 29.9 Å². The second-order valence-corrected chi connectivity index (χ2v) is 8.13. The first-order valence-corrected chi connectivity index (χ1v) is 8.63. The van der Waals surface area contributed by atoms with Crippen molar-refractivity contribution in [2.24, 2.45) is 5.41 Å². The van der Waals surface area contributed by atoms with E-state index >= 15 is 0 Å². The molecule has 0 saturated heterocycles. The van der Waals surface area contributed by atoms with Crippen molar-refractivity contribution in [1.29, 1.82) is 0 Å². The fourth-order valence-corrected chi connectivity index (χ4v) is 3.54. The van der Waals surface area contributed by atoms with Gasteiger partial charge in [0.05, 0.1) is 5.25 Å². The van der Waals surface area contributed by atoms with E-state index in [4.69, 9.17) is 0 Å². The molecule has 0 saturated carbocycles. The number of ketones is 1. The number of hydrogen-bond acceptors (Lipinski definition) is 4. The van der Waals surface area contributed by atoms with Gasteiger partial charge in [-0.3, -0.25) is 9.59 Å². The van der Waals surface area contributed by atoms with Crippen LogP contribution in [0.25, 0.3) is 0 Å². The Bertz CT molecular complexity index is 552. The molecular formula is C17H24N2O2S. The van der Waals surface area contributed by atoms with E-state index in [1.54, 1.807) is 6.20 Å². The fourth-order valence-electron chi connectivity index (χ4n) is 2.41. The van der Waals surface area contributed by atoms with Crippen molar-refractivity contribution in [3.8, 4) is 0 Å². The van der Waals surface area contributed by atoms with Gasteiger partial charge in [0.15, 0.2) is 5.78 Å². The molecule has 120 valence electrons. The number of fused-ring (bicyclic) bond motifs is 1. The normalized spacial score (nSPS) is 18.0. The van der Waals surface area contributed by atoms with E-state index in [0.717, 1.165) is 23.4 Å². The highest BCUT2D eigenvalue weighted by atomic mass is 32.2. The maximum Gasteiger partial charge on any atom is 0.221 e. The monoisotopic (exact) mass is 320 g/mol. The van der Waals surface area contributed by atoms with Crippen molar-refractivity contribution in [1.82, 2.24) is 10.3 Å². The Morgan fingerprint density at radius 1 is 1.45 bits per heavy atom. The van der Waals surface area contributed by atoms with Crippen LogP contribution in [0.15, 0.2) is 23.4 Å². The lowest BCUT2D eigenvalue weighted by Crippen LogP contribution is -2.33. The molecule has 0 fully saturated rings. The van der Waals surface area contributed by atoms with Crippen LogP contribution in [0.2, 0.25) is 0 Å². The summed E-state index contributed by atoms with van der Waals surface area (Å²) in [5.74, 6) is 0.0782. The molecule has 0 bridgehead atoms. The van der Waals surface area contributed by atoms with Crippen LogP contribution in [0.5, 0.6) is 0 Å². The summed E-state index contributed by atoms with van der Waals surface area (Å²) in [5, 5.41) is 3.50. The van der Waals surface area contributed by atoms with Gasteiger partial charge in [-0.1, -0.05) is 38.6 Å². The smallest absolute Gasteiger partial charge is 0.221 e. The quantitative estimate of drug-likeness (QED) is 0.847. The molecule has 1 aromatic rings. The van der Waals surface area contributed by atoms with Crippen LogP contribution >= 0.6 is 11.8 Å². The largest absolute Gasteiger partial charge is 0.356 e. The summed E-state index contributed by atoms with van der Waals surface area (Å²) in [4.78, 5) is 28.4. The lowest BCUT2D eigenvalue weighted by atomic mass is 9.91. The van der Waals surface area contributed by atoms with Gasteiger partial charge >= 0.3 is 0 Å². The van der Waals surface area contributed by atoms with Gasteiger partial charge in [0.2, 0.25) is 5.91 Å². The number of rotatable bonds is 5. The lowest BCUT2D eigenvalue weighted by molar-refractivity contribution is -0.124. The van der Waals surface area contributed by atoms with E-state index in [1.165, 1.54) is 11.8 Å². The molecular weight excluding hydrogens is 296 g/mol. The summed E-state index contributed by atoms with van der Waals surface area (Å²) in [5.41, 5.74) is 1.26. The number of amides is 1. The zero-order chi connectivity index (χ0) is 16.2. The Kier molecular flexibility index (Phi) is 5.62. The number of nitrogens with zero attached hydrogens (tertiary/aromatic N) is 1. The molecule has 0 aliphatic carbocycles. The Balaban J connectivity index is 1.79. The van der Waals surface area contributed by atoms with Crippen LogP contribution in [0.4, 0.5) is 0 Å². The molecule has 1 atom stereocenters. The van der Waals surface area contributed by atoms with Gasteiger partial charge in [-0.25, -0.2) is 4.98 Å². The molecule has 1 N–H and O–H groups in total. The Morgan fingerprint density at radius 3 is 2.95 bits per heavy atom. The molecule has 1 unspecified atom stereocenters. The molecule has 1 amide bonds. The van der Waals surface area contributed by atoms with Crippen LogP contribution in [-0.2, 0) is 16.0 Å². The number of Topliss-reactive ketones (excluding diaryl/α,β-unsaturated/α-hetero) is 1. The number of hydrogen-bond donors (Lipinski definition) is 1. The molecule has 2 rings (SSSR count). The number of aromatic nitrogens is 1. The van der Waals surface area contributed by atoms with Gasteiger partial charge in [0, 0.05) is 25.6 Å². The lowest BCUT2D eigenvalue weighted by Gasteiger charge is -2.21. The van der Waals surface area contributed by atoms with E-state index in [0.29, 0.717) is 13.0 Å². The number of nitrogens with one attached hydrogen (secondary N) is 1. The highest BCUT2D eigenvalue weighted by Gasteiger charge is 2.29. The molecule has 1 aromatic heterocycles. The van der Waals surface area contributed by atoms with Gasteiger partial charge in [-0.15, -0.1) is 0 Å². The molecule has 0 radical (unpaired) electrons. The van der Waals surface area contributed by atoms with Crippen LogP contribution in [0.1, 0.15) is 45.6 Å². The van der Waals surface area contributed by atoms with Crippen molar-refractivity contribution in [3.63, 3.8) is 0 Å². The predicted octanol–water partition coefficient (Wildman–Crippen LogP) is 3.00. The minimum absolute atomic E-state index is 0.0425. The highest BCUT2D eigenvalue weighted by Crippen LogP contribution is 2.33.